The van der Waals surface area contributed by atoms with Crippen molar-refractivity contribution in [2.45, 2.75) is 31.8 Å². The molecule has 0 aromatic carbocycles. The van der Waals surface area contributed by atoms with E-state index in [1.165, 1.54) is 19.3 Å². The molecule has 2 N–H and O–H groups in total. The van der Waals surface area contributed by atoms with Gasteiger partial charge in [0.15, 0.2) is 0 Å². The van der Waals surface area contributed by atoms with Crippen LogP contribution in [-0.4, -0.2) is 23.5 Å². The fourth-order valence-electron chi connectivity index (χ4n) is 3.09. The van der Waals surface area contributed by atoms with Crippen LogP contribution in [0, 0.1) is 11.8 Å². The Morgan fingerprint density at radius 1 is 1.59 bits per heavy atom. The fraction of sp³-hybridized carbons (Fsp3) is 0.667. The van der Waals surface area contributed by atoms with Gasteiger partial charge in [-0.2, -0.15) is 0 Å². The van der Waals surface area contributed by atoms with Gasteiger partial charge in [-0.25, -0.2) is 4.98 Å². The number of carbonyl (C=O) groups is 1. The lowest BCUT2D eigenvalue weighted by Crippen LogP contribution is -2.43. The van der Waals surface area contributed by atoms with E-state index >= 15 is 0 Å². The van der Waals surface area contributed by atoms with Crippen LogP contribution in [0.4, 0.5) is 0 Å². The average molecular weight is 251 g/mol. The molecule has 92 valence electrons. The van der Waals surface area contributed by atoms with Crippen molar-refractivity contribution in [3.05, 3.63) is 16.6 Å². The van der Waals surface area contributed by atoms with Crippen molar-refractivity contribution in [2.75, 3.05) is 6.54 Å². The van der Waals surface area contributed by atoms with Crippen molar-refractivity contribution in [3.8, 4) is 0 Å². The maximum Gasteiger partial charge on any atom is 0.237 e. The monoisotopic (exact) mass is 251 g/mol. The molecule has 0 bridgehead atoms. The first-order valence-electron chi connectivity index (χ1n) is 6.23. The van der Waals surface area contributed by atoms with Crippen LogP contribution in [0.3, 0.4) is 0 Å². The van der Waals surface area contributed by atoms with E-state index in [9.17, 15) is 4.79 Å². The zero-order valence-electron chi connectivity index (χ0n) is 9.69. The van der Waals surface area contributed by atoms with Crippen LogP contribution in [-0.2, 0) is 11.3 Å². The Labute approximate surface area is 105 Å². The maximum atomic E-state index is 12.1. The average Bonchev–Trinajstić information content (AvgIpc) is 3.02. The van der Waals surface area contributed by atoms with Crippen LogP contribution in [0.2, 0.25) is 0 Å². The molecule has 5 heteroatoms. The summed E-state index contributed by atoms with van der Waals surface area (Å²) in [5, 5.41) is 8.31. The Bertz CT molecular complexity index is 392. The van der Waals surface area contributed by atoms with Crippen LogP contribution in [0.25, 0.3) is 0 Å². The second-order valence-corrected chi connectivity index (χ2v) is 5.66. The highest BCUT2D eigenvalue weighted by atomic mass is 32.1. The molecule has 3 rings (SSSR count). The highest BCUT2D eigenvalue weighted by Crippen LogP contribution is 2.37. The molecule has 17 heavy (non-hydrogen) atoms. The first-order chi connectivity index (χ1) is 8.34. The molecule has 1 aromatic heterocycles. The molecule has 2 fully saturated rings. The highest BCUT2D eigenvalue weighted by molar-refractivity contribution is 7.07. The summed E-state index contributed by atoms with van der Waals surface area (Å²) in [5.74, 6) is 1.43. The Morgan fingerprint density at radius 3 is 3.35 bits per heavy atom. The molecule has 2 heterocycles. The molecule has 1 saturated heterocycles. The summed E-state index contributed by atoms with van der Waals surface area (Å²) in [6.45, 7) is 1.57. The van der Waals surface area contributed by atoms with Gasteiger partial charge in [-0.1, -0.05) is 6.42 Å². The van der Waals surface area contributed by atoms with Crippen molar-refractivity contribution in [3.63, 3.8) is 0 Å². The van der Waals surface area contributed by atoms with Gasteiger partial charge in [0.2, 0.25) is 5.91 Å². The number of rotatable bonds is 3. The van der Waals surface area contributed by atoms with E-state index in [1.54, 1.807) is 16.8 Å². The van der Waals surface area contributed by atoms with E-state index in [0.29, 0.717) is 12.5 Å². The minimum Gasteiger partial charge on any atom is -0.349 e. The first kappa shape index (κ1) is 11.2. The normalized spacial score (nSPS) is 31.4. The topological polar surface area (TPSA) is 54.0 Å². The summed E-state index contributed by atoms with van der Waals surface area (Å²) < 4.78 is 0. The Morgan fingerprint density at radius 2 is 2.53 bits per heavy atom. The molecule has 1 saturated carbocycles. The molecule has 0 spiro atoms. The van der Waals surface area contributed by atoms with Crippen LogP contribution in [0.15, 0.2) is 10.9 Å². The number of nitrogens with one attached hydrogen (secondary N) is 2. The molecule has 0 radical (unpaired) electrons. The van der Waals surface area contributed by atoms with Crippen molar-refractivity contribution in [1.29, 1.82) is 0 Å². The van der Waals surface area contributed by atoms with Gasteiger partial charge in [0.25, 0.3) is 0 Å². The second-order valence-electron chi connectivity index (χ2n) is 4.94. The van der Waals surface area contributed by atoms with Gasteiger partial charge in [-0.05, 0) is 31.2 Å². The van der Waals surface area contributed by atoms with E-state index in [4.69, 9.17) is 0 Å². The molecule has 1 amide bonds. The number of aromatic nitrogens is 1. The van der Waals surface area contributed by atoms with Crippen molar-refractivity contribution in [1.82, 2.24) is 15.6 Å². The zero-order valence-corrected chi connectivity index (χ0v) is 10.5. The van der Waals surface area contributed by atoms with E-state index in [1.807, 2.05) is 5.38 Å². The molecular weight excluding hydrogens is 234 g/mol. The van der Waals surface area contributed by atoms with E-state index < -0.39 is 0 Å². The third-order valence-corrected chi connectivity index (χ3v) is 4.59. The summed E-state index contributed by atoms with van der Waals surface area (Å²) in [6, 6.07) is 0.0288. The first-order valence-corrected chi connectivity index (χ1v) is 7.17. The van der Waals surface area contributed by atoms with Crippen LogP contribution >= 0.6 is 11.3 Å². The van der Waals surface area contributed by atoms with Crippen LogP contribution < -0.4 is 10.6 Å². The van der Waals surface area contributed by atoms with Gasteiger partial charge in [-0.15, -0.1) is 11.3 Å². The van der Waals surface area contributed by atoms with Gasteiger partial charge in [0, 0.05) is 5.38 Å². The predicted molar refractivity (Wildman–Crippen MR) is 66.6 cm³/mol. The van der Waals surface area contributed by atoms with E-state index in [0.717, 1.165) is 18.2 Å². The van der Waals surface area contributed by atoms with Crippen molar-refractivity contribution in [2.24, 2.45) is 11.8 Å². The number of hydrogen-bond donors (Lipinski definition) is 2. The number of amides is 1. The van der Waals surface area contributed by atoms with Crippen LogP contribution in [0.5, 0.6) is 0 Å². The zero-order chi connectivity index (χ0) is 11.7. The molecular formula is C12H17N3OS. The van der Waals surface area contributed by atoms with Gasteiger partial charge >= 0.3 is 0 Å². The quantitative estimate of drug-likeness (QED) is 0.847. The van der Waals surface area contributed by atoms with Crippen molar-refractivity contribution < 1.29 is 4.79 Å². The smallest absolute Gasteiger partial charge is 0.237 e. The molecule has 4 nitrogen and oxygen atoms in total. The number of thiazole rings is 1. The maximum absolute atomic E-state index is 12.1. The lowest BCUT2D eigenvalue weighted by atomic mass is 9.93. The number of nitrogens with zero attached hydrogens (tertiary/aromatic N) is 1. The molecule has 2 aliphatic rings. The Balaban J connectivity index is 1.55. The molecule has 1 aliphatic carbocycles. The Hall–Kier alpha value is -0.940. The Kier molecular flexibility index (Phi) is 3.11. The van der Waals surface area contributed by atoms with Gasteiger partial charge in [0.1, 0.15) is 0 Å². The summed E-state index contributed by atoms with van der Waals surface area (Å²) in [7, 11) is 0. The lowest BCUT2D eigenvalue weighted by Gasteiger charge is -2.17. The summed E-state index contributed by atoms with van der Waals surface area (Å²) in [4.78, 5) is 16.2. The summed E-state index contributed by atoms with van der Waals surface area (Å²) in [6.07, 6.45) is 3.77. The van der Waals surface area contributed by atoms with E-state index in [-0.39, 0.29) is 11.9 Å². The number of fused-ring (bicyclic) bond motifs is 1. The highest BCUT2D eigenvalue weighted by Gasteiger charge is 2.42. The lowest BCUT2D eigenvalue weighted by molar-refractivity contribution is -0.123. The summed E-state index contributed by atoms with van der Waals surface area (Å²) in [5.41, 5.74) is 2.74. The molecule has 1 aromatic rings. The molecule has 3 unspecified atom stereocenters. The number of carbonyl (C=O) groups excluding carboxylic acids is 1. The third kappa shape index (κ3) is 2.21. The number of hydrogen-bond acceptors (Lipinski definition) is 4. The molecule has 1 aliphatic heterocycles. The standard InChI is InChI=1S/C12H17N3OS/c16-12(14-5-9-6-17-7-15-9)11-10-3-1-2-8(10)4-13-11/h6-8,10-11,13H,1-5H2,(H,14,16). The van der Waals surface area contributed by atoms with Gasteiger partial charge in [0.05, 0.1) is 23.8 Å². The third-order valence-electron chi connectivity index (χ3n) is 3.96. The molecule has 3 atom stereocenters. The SMILES string of the molecule is O=C(NCc1cscn1)C1NCC2CCCC21. The second kappa shape index (κ2) is 4.74. The van der Waals surface area contributed by atoms with Crippen molar-refractivity contribution >= 4 is 17.2 Å². The van der Waals surface area contributed by atoms with Crippen LogP contribution in [0.1, 0.15) is 25.0 Å². The summed E-state index contributed by atoms with van der Waals surface area (Å²) >= 11 is 1.56. The minimum absolute atomic E-state index is 0.0288. The minimum atomic E-state index is 0.0288. The van der Waals surface area contributed by atoms with E-state index in [2.05, 4.69) is 15.6 Å². The van der Waals surface area contributed by atoms with Gasteiger partial charge < -0.3 is 10.6 Å². The largest absolute Gasteiger partial charge is 0.349 e. The fourth-order valence-corrected chi connectivity index (χ4v) is 3.65. The van der Waals surface area contributed by atoms with Gasteiger partial charge in [-0.3, -0.25) is 4.79 Å². The predicted octanol–water partition coefficient (Wildman–Crippen LogP) is 1.15.